The zero-order valence-electron chi connectivity index (χ0n) is 33.3. The minimum absolute atomic E-state index is 0.0367. The van der Waals surface area contributed by atoms with Crippen molar-refractivity contribution < 1.29 is 0 Å². The third-order valence-electron chi connectivity index (χ3n) is 13.9. The van der Waals surface area contributed by atoms with Crippen molar-refractivity contribution in [3.8, 4) is 50.2 Å². The first kappa shape index (κ1) is 33.7. The van der Waals surface area contributed by atoms with Crippen LogP contribution in [-0.2, 0) is 5.41 Å². The molecule has 1 spiro atoms. The molecule has 13 rings (SSSR count). The van der Waals surface area contributed by atoms with Crippen LogP contribution in [0, 0.1) is 0 Å². The summed E-state index contributed by atoms with van der Waals surface area (Å²) in [4.78, 5) is 7.01. The summed E-state index contributed by atoms with van der Waals surface area (Å²) in [5, 5.41) is 5.08. The maximum absolute atomic E-state index is 4.53. The van der Waals surface area contributed by atoms with Crippen molar-refractivity contribution in [1.29, 1.82) is 0 Å². The first-order valence-electron chi connectivity index (χ1n) is 21.5. The van der Waals surface area contributed by atoms with Gasteiger partial charge in [-0.15, -0.1) is 0 Å². The minimum Gasteiger partial charge on any atom is -0.308 e. The van der Waals surface area contributed by atoms with Crippen molar-refractivity contribution in [2.75, 3.05) is 4.90 Å². The molecule has 1 fully saturated rings. The van der Waals surface area contributed by atoms with Gasteiger partial charge in [-0.2, -0.15) is 0 Å². The second kappa shape index (κ2) is 12.9. The Morgan fingerprint density at radius 2 is 1.20 bits per heavy atom. The molecule has 8 aromatic carbocycles. The number of rotatable bonds is 5. The smallest absolute Gasteiger partial charge is 0.0782 e. The Bertz CT molecular complexity index is 3350. The van der Waals surface area contributed by atoms with Gasteiger partial charge in [-0.05, 0) is 117 Å². The summed E-state index contributed by atoms with van der Waals surface area (Å²) in [6, 6.07) is 65.8. The summed E-state index contributed by atoms with van der Waals surface area (Å²) in [5.41, 5.74) is 20.4. The van der Waals surface area contributed by atoms with Gasteiger partial charge in [0.15, 0.2) is 0 Å². The van der Waals surface area contributed by atoms with E-state index in [0.717, 1.165) is 22.6 Å². The molecule has 10 aromatic rings. The van der Waals surface area contributed by atoms with Gasteiger partial charge < -0.3 is 9.47 Å². The van der Waals surface area contributed by atoms with Crippen LogP contribution < -0.4 is 4.90 Å². The summed E-state index contributed by atoms with van der Waals surface area (Å²) < 4.78 is 2.65. The summed E-state index contributed by atoms with van der Waals surface area (Å²) in [6.45, 7) is 0. The highest BCUT2D eigenvalue weighted by atomic mass is 15.2. The van der Waals surface area contributed by atoms with Crippen LogP contribution in [0.5, 0.6) is 0 Å². The lowest BCUT2D eigenvalue weighted by Crippen LogP contribution is -2.28. The number of fused-ring (bicyclic) bond motifs is 9. The number of hydrogen-bond acceptors (Lipinski definition) is 2. The standard InChI is InChI=1S/C57H41N3/c1-3-17-43(18-4-1)59(44-19-9-15-39(34-44)40-25-24-37-13-5-6-14-38(37)33-40)52-23-11-21-46-47-27-28-50-54-53-45(20-10-22-49(53)57(50)30-7-2-8-31-57)48-35-41(42-16-12-32-58-36-42)26-29-51(48)60(55(46)52)56(47)54/h1,3-6,9-29,32-36H,2,7-8,30-31H2. The Morgan fingerprint density at radius 1 is 0.467 bits per heavy atom. The molecule has 3 heteroatoms. The lowest BCUT2D eigenvalue weighted by Gasteiger charge is -2.36. The van der Waals surface area contributed by atoms with Crippen LogP contribution >= 0.6 is 0 Å². The molecule has 3 nitrogen and oxygen atoms in total. The molecule has 0 unspecified atom stereocenters. The van der Waals surface area contributed by atoms with Crippen molar-refractivity contribution >= 4 is 49.6 Å². The largest absolute Gasteiger partial charge is 0.308 e. The highest BCUT2D eigenvalue weighted by Gasteiger charge is 2.47. The first-order valence-corrected chi connectivity index (χ1v) is 21.5. The van der Waals surface area contributed by atoms with E-state index in [-0.39, 0.29) is 5.41 Å². The predicted octanol–water partition coefficient (Wildman–Crippen LogP) is 15.3. The van der Waals surface area contributed by atoms with Crippen LogP contribution in [0.2, 0.25) is 0 Å². The number of pyridine rings is 1. The summed E-state index contributed by atoms with van der Waals surface area (Å²) in [5.74, 6) is 0. The van der Waals surface area contributed by atoms with Crippen LogP contribution in [0.1, 0.15) is 43.2 Å². The van der Waals surface area contributed by atoms with E-state index in [4.69, 9.17) is 0 Å². The minimum atomic E-state index is 0.0367. The van der Waals surface area contributed by atoms with E-state index in [1.54, 1.807) is 0 Å². The van der Waals surface area contributed by atoms with Crippen LogP contribution in [0.4, 0.5) is 17.1 Å². The molecular formula is C57H41N3. The SMILES string of the molecule is c1ccc(N(c2cccc(-c3ccc4ccccc4c3)c2)c2cccc3c4ccc5c6c4n(c23)-c2ccc(-c3cccnc3)cc2-c2cccc(c2-6)C52CCCCC2)cc1. The normalized spacial score (nSPS) is 14.5. The fraction of sp³-hybridized carbons (Fsp3) is 0.105. The molecule has 0 bridgehead atoms. The summed E-state index contributed by atoms with van der Waals surface area (Å²) in [6.07, 6.45) is 10.1. The van der Waals surface area contributed by atoms with E-state index in [2.05, 4.69) is 184 Å². The van der Waals surface area contributed by atoms with E-state index >= 15 is 0 Å². The predicted molar refractivity (Wildman–Crippen MR) is 250 cm³/mol. The van der Waals surface area contributed by atoms with Crippen molar-refractivity contribution in [1.82, 2.24) is 9.55 Å². The quantitative estimate of drug-likeness (QED) is 0.174. The summed E-state index contributed by atoms with van der Waals surface area (Å²) in [7, 11) is 0. The van der Waals surface area contributed by atoms with Crippen molar-refractivity contribution in [3.05, 3.63) is 199 Å². The molecule has 1 saturated carbocycles. The molecule has 3 heterocycles. The third-order valence-corrected chi connectivity index (χ3v) is 13.9. The Balaban J connectivity index is 1.13. The van der Waals surface area contributed by atoms with Crippen molar-refractivity contribution in [2.24, 2.45) is 0 Å². The molecule has 60 heavy (non-hydrogen) atoms. The van der Waals surface area contributed by atoms with E-state index in [1.807, 2.05) is 18.5 Å². The second-order valence-corrected chi connectivity index (χ2v) is 17.0. The average Bonchev–Trinajstić information content (AvgIpc) is 3.75. The Labute approximate surface area is 349 Å². The van der Waals surface area contributed by atoms with Crippen LogP contribution in [0.3, 0.4) is 0 Å². The molecule has 1 aliphatic heterocycles. The van der Waals surface area contributed by atoms with Gasteiger partial charge in [0.1, 0.15) is 0 Å². The van der Waals surface area contributed by atoms with E-state index in [0.29, 0.717) is 0 Å². The monoisotopic (exact) mass is 767 g/mol. The van der Waals surface area contributed by atoms with Gasteiger partial charge in [0.2, 0.25) is 0 Å². The van der Waals surface area contributed by atoms with E-state index in [9.17, 15) is 0 Å². The molecule has 0 amide bonds. The number of benzene rings is 8. The highest BCUT2D eigenvalue weighted by Crippen LogP contribution is 2.62. The molecule has 0 N–H and O–H groups in total. The zero-order valence-corrected chi connectivity index (χ0v) is 33.3. The van der Waals surface area contributed by atoms with Gasteiger partial charge in [0, 0.05) is 56.6 Å². The van der Waals surface area contributed by atoms with Crippen LogP contribution in [0.15, 0.2) is 188 Å². The maximum atomic E-state index is 4.53. The van der Waals surface area contributed by atoms with E-state index < -0.39 is 0 Å². The fourth-order valence-corrected chi connectivity index (χ4v) is 11.4. The Kier molecular flexibility index (Phi) is 7.24. The number of nitrogens with zero attached hydrogens (tertiary/aromatic N) is 3. The Morgan fingerprint density at radius 3 is 2.08 bits per heavy atom. The number of para-hydroxylation sites is 2. The molecular weight excluding hydrogens is 727 g/mol. The van der Waals surface area contributed by atoms with Gasteiger partial charge >= 0.3 is 0 Å². The number of anilines is 3. The highest BCUT2D eigenvalue weighted by molar-refractivity contribution is 6.21. The van der Waals surface area contributed by atoms with Gasteiger partial charge in [0.25, 0.3) is 0 Å². The van der Waals surface area contributed by atoms with Crippen molar-refractivity contribution in [3.63, 3.8) is 0 Å². The Hall–Kier alpha value is -7.23. The molecule has 2 aromatic heterocycles. The lowest BCUT2D eigenvalue weighted by molar-refractivity contribution is 0.353. The third kappa shape index (κ3) is 4.75. The molecule has 0 radical (unpaired) electrons. The average molecular weight is 768 g/mol. The van der Waals surface area contributed by atoms with Crippen LogP contribution in [0.25, 0.3) is 82.8 Å². The number of hydrogen-bond donors (Lipinski definition) is 0. The molecule has 3 aliphatic rings. The van der Waals surface area contributed by atoms with Gasteiger partial charge in [-0.3, -0.25) is 4.98 Å². The van der Waals surface area contributed by atoms with Gasteiger partial charge in [-0.1, -0.05) is 141 Å². The molecule has 284 valence electrons. The lowest BCUT2D eigenvalue weighted by atomic mass is 9.67. The number of aromatic nitrogens is 2. The van der Waals surface area contributed by atoms with Gasteiger partial charge in [0.05, 0.1) is 22.4 Å². The second-order valence-electron chi connectivity index (χ2n) is 17.0. The topological polar surface area (TPSA) is 21.1 Å². The van der Waals surface area contributed by atoms with Crippen LogP contribution in [-0.4, -0.2) is 9.55 Å². The van der Waals surface area contributed by atoms with E-state index in [1.165, 1.54) is 120 Å². The first-order chi connectivity index (χ1) is 29.7. The molecule has 2 aliphatic carbocycles. The van der Waals surface area contributed by atoms with Gasteiger partial charge in [-0.25, -0.2) is 0 Å². The van der Waals surface area contributed by atoms with Crippen molar-refractivity contribution in [2.45, 2.75) is 37.5 Å². The fourth-order valence-electron chi connectivity index (χ4n) is 11.4. The zero-order chi connectivity index (χ0) is 39.4. The maximum Gasteiger partial charge on any atom is 0.0782 e. The molecule has 0 atom stereocenters. The molecule has 0 saturated heterocycles. The summed E-state index contributed by atoms with van der Waals surface area (Å²) >= 11 is 0.